The molecule has 0 saturated heterocycles. The van der Waals surface area contributed by atoms with E-state index in [2.05, 4.69) is 10.6 Å². The fourth-order valence-corrected chi connectivity index (χ4v) is 2.12. The van der Waals surface area contributed by atoms with Gasteiger partial charge in [-0.15, -0.1) is 0 Å². The van der Waals surface area contributed by atoms with Crippen LogP contribution in [0.3, 0.4) is 0 Å². The molecule has 0 fully saturated rings. The molecule has 0 aliphatic rings. The molecule has 0 spiro atoms. The number of carbonyl (C=O) groups is 4. The first kappa shape index (κ1) is 29.1. The Bertz CT molecular complexity index is 1070. The maximum absolute atomic E-state index is 14.0. The largest absolute Gasteiger partial charge is 0.444 e. The van der Waals surface area contributed by atoms with Crippen LogP contribution in [0.2, 0.25) is 0 Å². The van der Waals surface area contributed by atoms with Gasteiger partial charge in [0.2, 0.25) is 5.82 Å². The van der Waals surface area contributed by atoms with Crippen LogP contribution >= 0.6 is 0 Å². The van der Waals surface area contributed by atoms with E-state index >= 15 is 0 Å². The Kier molecular flexibility index (Phi) is 9.97. The molecular formula is C20H29FN4O10. The second-order valence-electron chi connectivity index (χ2n) is 8.96. The van der Waals surface area contributed by atoms with Crippen LogP contribution in [0.4, 0.5) is 14.0 Å². The van der Waals surface area contributed by atoms with Gasteiger partial charge in [-0.25, -0.2) is 19.0 Å². The Morgan fingerprint density at radius 1 is 0.829 bits per heavy atom. The zero-order valence-electron chi connectivity index (χ0n) is 20.3. The van der Waals surface area contributed by atoms with Gasteiger partial charge in [-0.2, -0.15) is 4.39 Å². The number of hydrogen-bond donors (Lipinski definition) is 2. The summed E-state index contributed by atoms with van der Waals surface area (Å²) in [5.74, 6) is -3.42. The van der Waals surface area contributed by atoms with Crippen LogP contribution in [-0.2, 0) is 42.0 Å². The van der Waals surface area contributed by atoms with Crippen molar-refractivity contribution in [2.75, 3.05) is 13.1 Å². The maximum atomic E-state index is 14.0. The highest BCUT2D eigenvalue weighted by molar-refractivity contribution is 5.78. The van der Waals surface area contributed by atoms with Crippen molar-refractivity contribution >= 4 is 24.1 Å². The van der Waals surface area contributed by atoms with E-state index < -0.39 is 78.9 Å². The number of aromatic nitrogens is 2. The van der Waals surface area contributed by atoms with Gasteiger partial charge in [0.25, 0.3) is 5.56 Å². The summed E-state index contributed by atoms with van der Waals surface area (Å²) in [5.41, 5.74) is -4.14. The van der Waals surface area contributed by atoms with Gasteiger partial charge in [0.1, 0.15) is 24.3 Å². The molecule has 0 bridgehead atoms. The smallest absolute Gasteiger partial charge is 0.408 e. The lowest BCUT2D eigenvalue weighted by atomic mass is 10.2. The molecule has 0 aliphatic carbocycles. The average molecular weight is 504 g/mol. The summed E-state index contributed by atoms with van der Waals surface area (Å²) in [7, 11) is 0. The van der Waals surface area contributed by atoms with E-state index in [0.29, 0.717) is 10.8 Å². The van der Waals surface area contributed by atoms with Gasteiger partial charge >= 0.3 is 29.8 Å². The van der Waals surface area contributed by atoms with Gasteiger partial charge in [-0.1, -0.05) is 0 Å². The van der Waals surface area contributed by atoms with Crippen LogP contribution in [0.25, 0.3) is 0 Å². The molecule has 35 heavy (non-hydrogen) atoms. The molecule has 2 amide bonds. The predicted molar refractivity (Wildman–Crippen MR) is 116 cm³/mol. The van der Waals surface area contributed by atoms with Gasteiger partial charge in [0.05, 0.1) is 6.20 Å². The van der Waals surface area contributed by atoms with Gasteiger partial charge in [-0.3, -0.25) is 19.0 Å². The molecule has 14 nitrogen and oxygen atoms in total. The summed E-state index contributed by atoms with van der Waals surface area (Å²) < 4.78 is 34.1. The molecule has 15 heteroatoms. The monoisotopic (exact) mass is 504 g/mol. The molecule has 0 aliphatic heterocycles. The minimum absolute atomic E-state index is 0.244. The number of alkyl carbamates (subject to hydrolysis) is 2. The van der Waals surface area contributed by atoms with E-state index in [0.717, 1.165) is 0 Å². The predicted octanol–water partition coefficient (Wildman–Crippen LogP) is 0.200. The fraction of sp³-hybridized carbons (Fsp3) is 0.600. The highest BCUT2D eigenvalue weighted by Gasteiger charge is 2.19. The number of rotatable bonds is 8. The molecule has 1 aromatic rings. The maximum Gasteiger partial charge on any atom is 0.408 e. The van der Waals surface area contributed by atoms with Crippen molar-refractivity contribution in [2.45, 2.75) is 66.2 Å². The van der Waals surface area contributed by atoms with E-state index in [1.807, 2.05) is 0 Å². The second kappa shape index (κ2) is 12.0. The molecular weight excluding hydrogens is 475 g/mol. The van der Waals surface area contributed by atoms with Gasteiger partial charge in [0.15, 0.2) is 13.5 Å². The first-order valence-electron chi connectivity index (χ1n) is 10.2. The number of ether oxygens (including phenoxy) is 4. The Hall–Kier alpha value is -3.91. The minimum atomic E-state index is -1.39. The molecule has 0 saturated carbocycles. The lowest BCUT2D eigenvalue weighted by Gasteiger charge is -2.19. The molecule has 2 N–H and O–H groups in total. The van der Waals surface area contributed by atoms with Crippen LogP contribution in [0, 0.1) is 5.82 Å². The third kappa shape index (κ3) is 11.2. The van der Waals surface area contributed by atoms with Crippen LogP contribution in [0.5, 0.6) is 0 Å². The van der Waals surface area contributed by atoms with Crippen molar-refractivity contribution in [3.05, 3.63) is 32.9 Å². The number of amides is 2. The van der Waals surface area contributed by atoms with E-state index in [4.69, 9.17) is 18.9 Å². The number of nitrogens with one attached hydrogen (secondary N) is 2. The number of nitrogens with zero attached hydrogens (tertiary/aromatic N) is 2. The summed E-state index contributed by atoms with van der Waals surface area (Å²) in [4.78, 5) is 71.0. The lowest BCUT2D eigenvalue weighted by Crippen LogP contribution is -2.43. The minimum Gasteiger partial charge on any atom is -0.444 e. The standard InChI is InChI=1S/C20H29FN4O10/c1-19(2,3)34-16(29)22-7-13(26)32-10-24-9-12(21)15(28)25(18(24)31)11-33-14(27)8-23-17(30)35-20(4,5)6/h9H,7-8,10-11H2,1-6H3,(H,22,29)(H,23,30). The van der Waals surface area contributed by atoms with E-state index in [9.17, 15) is 33.2 Å². The molecule has 0 unspecified atom stereocenters. The topological polar surface area (TPSA) is 173 Å². The van der Waals surface area contributed by atoms with Crippen molar-refractivity contribution < 1.29 is 42.5 Å². The number of halogens is 1. The van der Waals surface area contributed by atoms with Crippen LogP contribution < -0.4 is 21.9 Å². The van der Waals surface area contributed by atoms with Crippen LogP contribution in [-0.4, -0.2) is 57.6 Å². The fourth-order valence-electron chi connectivity index (χ4n) is 2.12. The zero-order valence-corrected chi connectivity index (χ0v) is 20.3. The summed E-state index contributed by atoms with van der Waals surface area (Å²) >= 11 is 0. The van der Waals surface area contributed by atoms with Crippen molar-refractivity contribution in [3.63, 3.8) is 0 Å². The summed E-state index contributed by atoms with van der Waals surface area (Å²) in [5, 5.41) is 4.25. The molecule has 0 aromatic carbocycles. The van der Waals surface area contributed by atoms with Crippen LogP contribution in [0.1, 0.15) is 41.5 Å². The first-order chi connectivity index (χ1) is 16.0. The highest BCUT2D eigenvalue weighted by atomic mass is 19.1. The second-order valence-corrected chi connectivity index (χ2v) is 8.96. The highest BCUT2D eigenvalue weighted by Crippen LogP contribution is 2.06. The van der Waals surface area contributed by atoms with E-state index in [1.165, 1.54) is 0 Å². The lowest BCUT2D eigenvalue weighted by molar-refractivity contribution is -0.146. The zero-order chi connectivity index (χ0) is 27.0. The SMILES string of the molecule is CC(C)(C)OC(=O)NCC(=O)OCn1cc(F)c(=O)n(COC(=O)CNC(=O)OC(C)(C)C)c1=O. The first-order valence-corrected chi connectivity index (χ1v) is 10.2. The normalized spacial score (nSPS) is 11.3. The van der Waals surface area contributed by atoms with Gasteiger partial charge in [0, 0.05) is 0 Å². The molecule has 0 radical (unpaired) electrons. The molecule has 1 rings (SSSR count). The molecule has 1 aromatic heterocycles. The Labute approximate surface area is 199 Å². The summed E-state index contributed by atoms with van der Waals surface area (Å²) in [6.07, 6.45) is -1.28. The summed E-state index contributed by atoms with van der Waals surface area (Å²) in [6.45, 7) is 6.67. The van der Waals surface area contributed by atoms with Crippen molar-refractivity contribution in [2.24, 2.45) is 0 Å². The van der Waals surface area contributed by atoms with E-state index in [-0.39, 0.29) is 4.57 Å². The Morgan fingerprint density at radius 3 is 1.69 bits per heavy atom. The molecule has 0 atom stereocenters. The Balaban J connectivity index is 2.70. The van der Waals surface area contributed by atoms with Crippen molar-refractivity contribution in [3.8, 4) is 0 Å². The Morgan fingerprint density at radius 2 is 1.26 bits per heavy atom. The molecule has 1 heterocycles. The van der Waals surface area contributed by atoms with Crippen molar-refractivity contribution in [1.29, 1.82) is 0 Å². The van der Waals surface area contributed by atoms with E-state index in [1.54, 1.807) is 41.5 Å². The third-order valence-corrected chi connectivity index (χ3v) is 3.47. The third-order valence-electron chi connectivity index (χ3n) is 3.47. The van der Waals surface area contributed by atoms with Gasteiger partial charge < -0.3 is 29.6 Å². The van der Waals surface area contributed by atoms with Gasteiger partial charge in [-0.05, 0) is 41.5 Å². The number of carbonyl (C=O) groups excluding carboxylic acids is 4. The summed E-state index contributed by atoms with van der Waals surface area (Å²) in [6, 6.07) is 0. The number of esters is 2. The van der Waals surface area contributed by atoms with Crippen LogP contribution in [0.15, 0.2) is 15.8 Å². The quantitative estimate of drug-likeness (QED) is 0.368. The van der Waals surface area contributed by atoms with Crippen molar-refractivity contribution in [1.82, 2.24) is 19.8 Å². The number of hydrogen-bond acceptors (Lipinski definition) is 10. The molecule has 196 valence electrons. The average Bonchev–Trinajstić information content (AvgIpc) is 2.69.